The number of furan rings is 2. The zero-order valence-corrected chi connectivity index (χ0v) is 42.1. The fourth-order valence-electron chi connectivity index (χ4n) is 6.31. The van der Waals surface area contributed by atoms with Crippen molar-refractivity contribution in [2.24, 2.45) is 4.99 Å². The van der Waals surface area contributed by atoms with Crippen molar-refractivity contribution < 1.29 is 67.1 Å². The summed E-state index contributed by atoms with van der Waals surface area (Å²) in [6.45, 7) is 1.01. The third-order valence-electron chi connectivity index (χ3n) is 10.1. The van der Waals surface area contributed by atoms with E-state index in [1.54, 1.807) is 48.5 Å². The van der Waals surface area contributed by atoms with E-state index in [4.69, 9.17) is 58.1 Å². The van der Waals surface area contributed by atoms with Crippen LogP contribution in [0.5, 0.6) is 0 Å². The van der Waals surface area contributed by atoms with Gasteiger partial charge >= 0.3 is 17.9 Å². The first kappa shape index (κ1) is 56.9. The zero-order valence-electron chi connectivity index (χ0n) is 39.7. The molecule has 2 amide bonds. The quantitative estimate of drug-likeness (QED) is 0.0320. The number of carboxylic acid groups (broad SMARTS) is 2. The number of thiocarbonyl (C=S) groups is 3. The third kappa shape index (κ3) is 17.9. The Balaban J connectivity index is 0.000000192. The molecular weight excluding hydrogens is 1020 g/mol. The van der Waals surface area contributed by atoms with Crippen LogP contribution in [0.3, 0.4) is 0 Å². The molecule has 20 heteroatoms. The minimum absolute atomic E-state index is 0.0705. The van der Waals surface area contributed by atoms with Crippen LogP contribution in [0.2, 0.25) is 0 Å². The molecule has 0 aliphatic carbocycles. The van der Waals surface area contributed by atoms with Crippen LogP contribution in [-0.2, 0) is 48.2 Å². The highest BCUT2D eigenvalue weighted by molar-refractivity contribution is 7.80. The predicted octanol–water partition coefficient (Wildman–Crippen LogP) is 9.56. The molecule has 0 spiro atoms. The van der Waals surface area contributed by atoms with Gasteiger partial charge in [0, 0.05) is 17.2 Å². The highest BCUT2D eigenvalue weighted by Crippen LogP contribution is 2.27. The van der Waals surface area contributed by atoms with Crippen LogP contribution in [0.1, 0.15) is 53.7 Å². The number of hydrogen-bond donors (Lipinski definition) is 3. The van der Waals surface area contributed by atoms with E-state index in [0.717, 1.165) is 22.3 Å². The van der Waals surface area contributed by atoms with Crippen LogP contribution < -0.4 is 0 Å². The SMILES string of the molecule is COC(=O)CO.O=C(O)c1ccc(-c2ccc(/C=C3\OC(=S)N(Cc4ccccc4)C3=O)o2)cc1.O=C1COC(=S)N1Cc1ccccc1.O=Cc1ccc(-c2ccc(C(=O)O)cc2)o1.S=C=NCc1ccccc1. The van der Waals surface area contributed by atoms with Crippen molar-refractivity contribution in [1.29, 1.82) is 0 Å². The number of methoxy groups -OCH3 is 1. The monoisotopic (exact) mass is 1070 g/mol. The summed E-state index contributed by atoms with van der Waals surface area (Å²) in [5, 5.41) is 28.3. The number of carbonyl (C=O) groups excluding carboxylic acids is 4. The number of hydrogen-bond acceptors (Lipinski definition) is 16. The van der Waals surface area contributed by atoms with Crippen molar-refractivity contribution >= 4 is 94.2 Å². The summed E-state index contributed by atoms with van der Waals surface area (Å²) >= 11 is 14.5. The van der Waals surface area contributed by atoms with Crippen molar-refractivity contribution in [3.63, 3.8) is 0 Å². The number of amides is 2. The molecular formula is C55H45N3O14S3. The second-order valence-electron chi connectivity index (χ2n) is 15.2. The highest BCUT2D eigenvalue weighted by atomic mass is 32.1. The first-order valence-corrected chi connectivity index (χ1v) is 23.3. The van der Waals surface area contributed by atoms with Gasteiger partial charge < -0.3 is 38.4 Å². The summed E-state index contributed by atoms with van der Waals surface area (Å²) in [6, 6.07) is 48.4. The summed E-state index contributed by atoms with van der Waals surface area (Å²) in [4.78, 5) is 72.3. The third-order valence-corrected chi connectivity index (χ3v) is 10.9. The molecule has 2 fully saturated rings. The second-order valence-corrected chi connectivity index (χ2v) is 16.1. The Bertz CT molecular complexity index is 3130. The number of aliphatic hydroxyl groups excluding tert-OH is 1. The lowest BCUT2D eigenvalue weighted by molar-refractivity contribution is -0.143. The first-order chi connectivity index (χ1) is 36.2. The van der Waals surface area contributed by atoms with E-state index < -0.39 is 24.5 Å². The standard InChI is InChI=1S/C22H15NO5S.C12H8O4.C10H9NO2S.C8H7NS.C3H6O3/c24-20-19(28-22(29)23(20)13-14-4-2-1-3-5-14)12-17-10-11-18(27-17)15-6-8-16(9-7-15)21(25)26;13-7-10-5-6-11(16-10)8-1-3-9(4-2-8)12(14)15;12-9-7-13-10(14)11(9)6-8-4-2-1-3-5-8;10-7-9-6-8-4-2-1-3-5-8;1-6-3(5)2-4/h1-12H,13H2,(H,25,26);1-7H,(H,14,15);1-5H,6-7H2;1-5H,6H2;4H,2H2,1H3/b19-12-;;;;. The maximum Gasteiger partial charge on any atom is 0.335 e. The number of ether oxygens (including phenoxy) is 3. The number of aliphatic hydroxyl groups is 1. The molecule has 0 atom stereocenters. The topological polar surface area (TPSA) is 236 Å². The van der Waals surface area contributed by atoms with Crippen molar-refractivity contribution in [2.75, 3.05) is 20.3 Å². The van der Waals surface area contributed by atoms with Crippen molar-refractivity contribution in [1.82, 2.24) is 9.80 Å². The van der Waals surface area contributed by atoms with Gasteiger partial charge in [-0.05, 0) is 102 Å². The van der Waals surface area contributed by atoms with Crippen LogP contribution in [0, 0.1) is 0 Å². The van der Waals surface area contributed by atoms with Gasteiger partial charge in [0.2, 0.25) is 0 Å². The number of aldehydes is 1. The van der Waals surface area contributed by atoms with Crippen LogP contribution in [0.15, 0.2) is 183 Å². The molecule has 7 aromatic rings. The predicted molar refractivity (Wildman–Crippen MR) is 286 cm³/mol. The van der Waals surface area contributed by atoms with Gasteiger partial charge in [-0.25, -0.2) is 19.4 Å². The van der Waals surface area contributed by atoms with Crippen molar-refractivity contribution in [3.8, 4) is 22.6 Å². The lowest BCUT2D eigenvalue weighted by Gasteiger charge is -2.12. The molecule has 75 heavy (non-hydrogen) atoms. The molecule has 2 saturated heterocycles. The number of nitrogens with zero attached hydrogens (tertiary/aromatic N) is 3. The number of isothiocyanates is 1. The molecule has 0 radical (unpaired) electrons. The van der Waals surface area contributed by atoms with Crippen LogP contribution in [0.4, 0.5) is 0 Å². The molecule has 17 nitrogen and oxygen atoms in total. The molecule has 2 aromatic heterocycles. The van der Waals surface area contributed by atoms with Crippen LogP contribution in [-0.4, -0.2) is 97.0 Å². The van der Waals surface area contributed by atoms with Gasteiger partial charge in [-0.3, -0.25) is 24.2 Å². The van der Waals surface area contributed by atoms with Crippen LogP contribution in [0.25, 0.3) is 28.7 Å². The Hall–Kier alpha value is -9.04. The molecule has 0 saturated carbocycles. The first-order valence-electron chi connectivity index (χ1n) is 22.1. The fraction of sp³-hybridized carbons (Fsp3) is 0.109. The number of aliphatic imine (C=N–C) groups is 1. The molecule has 9 rings (SSSR count). The fourth-order valence-corrected chi connectivity index (χ4v) is 6.84. The normalized spacial score (nSPS) is 12.6. The molecule has 2 aliphatic heterocycles. The van der Waals surface area contributed by atoms with Crippen molar-refractivity contribution in [3.05, 3.63) is 209 Å². The minimum Gasteiger partial charge on any atom is -0.478 e. The van der Waals surface area contributed by atoms with Gasteiger partial charge in [0.05, 0.1) is 43.0 Å². The summed E-state index contributed by atoms with van der Waals surface area (Å²) in [5.41, 5.74) is 5.02. The number of rotatable bonds is 13. The van der Waals surface area contributed by atoms with Gasteiger partial charge in [-0.2, -0.15) is 0 Å². The van der Waals surface area contributed by atoms with Gasteiger partial charge in [-0.15, -0.1) is 0 Å². The average molecular weight is 1070 g/mol. The molecule has 0 unspecified atom stereocenters. The van der Waals surface area contributed by atoms with E-state index in [1.807, 2.05) is 91.0 Å². The Kier molecular flexibility index (Phi) is 22.3. The minimum atomic E-state index is -0.991. The van der Waals surface area contributed by atoms with Crippen molar-refractivity contribution in [2.45, 2.75) is 19.6 Å². The molecule has 3 N–H and O–H groups in total. The Morgan fingerprint density at radius 2 is 1.12 bits per heavy atom. The number of aromatic carboxylic acids is 2. The van der Waals surface area contributed by atoms with E-state index in [1.165, 1.54) is 52.8 Å². The molecule has 5 aromatic carbocycles. The summed E-state index contributed by atoms with van der Waals surface area (Å²) in [6.07, 6.45) is 2.11. The zero-order chi connectivity index (χ0) is 54.1. The Morgan fingerprint density at radius 3 is 1.52 bits per heavy atom. The number of carbonyl (C=O) groups is 6. The lowest BCUT2D eigenvalue weighted by Crippen LogP contribution is -2.28. The largest absolute Gasteiger partial charge is 0.478 e. The van der Waals surface area contributed by atoms with E-state index >= 15 is 0 Å². The molecule has 2 aliphatic rings. The van der Waals surface area contributed by atoms with Gasteiger partial charge in [0.1, 0.15) is 23.9 Å². The second kappa shape index (κ2) is 29.5. The average Bonchev–Trinajstić information content (AvgIpc) is 4.25. The van der Waals surface area contributed by atoms with Crippen LogP contribution >= 0.6 is 36.7 Å². The van der Waals surface area contributed by atoms with Gasteiger partial charge in [0.15, 0.2) is 24.4 Å². The van der Waals surface area contributed by atoms with E-state index in [0.29, 0.717) is 43.2 Å². The van der Waals surface area contributed by atoms with E-state index in [-0.39, 0.29) is 51.4 Å². The van der Waals surface area contributed by atoms with E-state index in [2.05, 4.69) is 27.1 Å². The maximum atomic E-state index is 12.7. The molecule has 382 valence electrons. The summed E-state index contributed by atoms with van der Waals surface area (Å²) < 4.78 is 25.4. The number of carboxylic acids is 2. The number of benzene rings is 5. The van der Waals surface area contributed by atoms with E-state index in [9.17, 15) is 28.8 Å². The number of esters is 1. The Morgan fingerprint density at radius 1 is 0.653 bits per heavy atom. The summed E-state index contributed by atoms with van der Waals surface area (Å²) in [5.74, 6) is -1.12. The maximum absolute atomic E-state index is 12.7. The Labute approximate surface area is 445 Å². The lowest BCUT2D eigenvalue weighted by atomic mass is 10.1. The highest BCUT2D eigenvalue weighted by Gasteiger charge is 2.34. The van der Waals surface area contributed by atoms with Gasteiger partial charge in [-0.1, -0.05) is 115 Å². The molecule has 4 heterocycles. The molecule has 0 bridgehead atoms. The smallest absolute Gasteiger partial charge is 0.335 e. The van der Waals surface area contributed by atoms with Gasteiger partial charge in [0.25, 0.3) is 22.2 Å². The summed E-state index contributed by atoms with van der Waals surface area (Å²) in [7, 11) is 1.22.